The molecule has 0 spiro atoms. The predicted molar refractivity (Wildman–Crippen MR) is 73.5 cm³/mol. The summed E-state index contributed by atoms with van der Waals surface area (Å²) in [7, 11) is 0. The average Bonchev–Trinajstić information content (AvgIpc) is 2.71. The fourth-order valence-electron chi connectivity index (χ4n) is 2.38. The molecule has 0 aliphatic rings. The van der Waals surface area contributed by atoms with Crippen molar-refractivity contribution < 1.29 is 13.6 Å². The minimum atomic E-state index is -0.774. The largest absolute Gasteiger partial charge is 0.334 e. The van der Waals surface area contributed by atoms with Gasteiger partial charge in [0, 0.05) is 6.07 Å². The second kappa shape index (κ2) is 4.97. The van der Waals surface area contributed by atoms with E-state index in [1.54, 1.807) is 24.3 Å². The van der Waals surface area contributed by atoms with Crippen molar-refractivity contribution in [3.63, 3.8) is 0 Å². The van der Waals surface area contributed by atoms with Crippen LogP contribution in [0, 0.1) is 11.6 Å². The van der Waals surface area contributed by atoms with Gasteiger partial charge in [-0.3, -0.25) is 9.13 Å². The Bertz CT molecular complexity index is 876. The smallest absolute Gasteiger partial charge is 0.301 e. The minimum absolute atomic E-state index is 0.0818. The normalized spacial score (nSPS) is 11.0. The quantitative estimate of drug-likeness (QED) is 0.694. The van der Waals surface area contributed by atoms with Crippen molar-refractivity contribution in [2.24, 2.45) is 0 Å². The zero-order chi connectivity index (χ0) is 15.0. The lowest BCUT2D eigenvalue weighted by Crippen LogP contribution is -2.23. The van der Waals surface area contributed by atoms with E-state index in [-0.39, 0.29) is 12.2 Å². The van der Waals surface area contributed by atoms with E-state index in [0.29, 0.717) is 17.3 Å². The molecular weight excluding hydrogens is 278 g/mol. The number of hydrogen-bond donors (Lipinski definition) is 0. The topological polar surface area (TPSA) is 44.0 Å². The first-order valence-corrected chi connectivity index (χ1v) is 6.22. The van der Waals surface area contributed by atoms with Gasteiger partial charge in [0.05, 0.1) is 23.3 Å². The first-order valence-electron chi connectivity index (χ1n) is 6.22. The van der Waals surface area contributed by atoms with Gasteiger partial charge in [0.15, 0.2) is 0 Å². The third-order valence-electron chi connectivity index (χ3n) is 3.20. The van der Waals surface area contributed by atoms with Gasteiger partial charge in [0.1, 0.15) is 17.9 Å². The van der Waals surface area contributed by atoms with Gasteiger partial charge < -0.3 is 4.79 Å². The molecule has 3 rings (SSSR count). The molecule has 0 radical (unpaired) electrons. The summed E-state index contributed by atoms with van der Waals surface area (Å²) < 4.78 is 29.2. The maximum absolute atomic E-state index is 13.4. The van der Waals surface area contributed by atoms with Crippen LogP contribution in [0.3, 0.4) is 0 Å². The molecular formula is C15H10F2N2O2. The van der Waals surface area contributed by atoms with Gasteiger partial charge >= 0.3 is 5.69 Å². The van der Waals surface area contributed by atoms with Crippen LogP contribution in [-0.4, -0.2) is 15.4 Å². The van der Waals surface area contributed by atoms with Crippen molar-refractivity contribution in [1.82, 2.24) is 9.13 Å². The maximum atomic E-state index is 13.4. The number of rotatable bonds is 3. The van der Waals surface area contributed by atoms with Crippen LogP contribution in [-0.2, 0) is 11.3 Å². The van der Waals surface area contributed by atoms with E-state index >= 15 is 0 Å². The zero-order valence-electron chi connectivity index (χ0n) is 10.8. The van der Waals surface area contributed by atoms with Crippen molar-refractivity contribution in [2.45, 2.75) is 6.54 Å². The van der Waals surface area contributed by atoms with Crippen LogP contribution in [0.25, 0.3) is 16.7 Å². The van der Waals surface area contributed by atoms with E-state index in [2.05, 4.69) is 0 Å². The highest BCUT2D eigenvalue weighted by atomic mass is 19.1. The number of aromatic nitrogens is 2. The van der Waals surface area contributed by atoms with E-state index in [0.717, 1.165) is 18.2 Å². The summed E-state index contributed by atoms with van der Waals surface area (Å²) in [6, 6.07) is 9.63. The molecule has 3 aromatic rings. The highest BCUT2D eigenvalue weighted by Gasteiger charge is 2.15. The van der Waals surface area contributed by atoms with Crippen molar-refractivity contribution in [2.75, 3.05) is 0 Å². The van der Waals surface area contributed by atoms with E-state index < -0.39 is 17.3 Å². The number of halogens is 2. The Morgan fingerprint density at radius 2 is 1.62 bits per heavy atom. The van der Waals surface area contributed by atoms with Crippen LogP contribution in [0.4, 0.5) is 8.78 Å². The van der Waals surface area contributed by atoms with Gasteiger partial charge in [0.25, 0.3) is 0 Å². The number of fused-ring (bicyclic) bond motifs is 1. The molecule has 0 aliphatic carbocycles. The van der Waals surface area contributed by atoms with Gasteiger partial charge in [-0.25, -0.2) is 13.6 Å². The molecule has 2 aromatic carbocycles. The second-order valence-electron chi connectivity index (χ2n) is 4.51. The lowest BCUT2D eigenvalue weighted by Gasteiger charge is -2.03. The third-order valence-corrected chi connectivity index (χ3v) is 3.20. The molecule has 1 heterocycles. The SMILES string of the molecule is O=CCn1c(=O)n(-c2cc(F)cc(F)c2)c2ccccc21. The summed E-state index contributed by atoms with van der Waals surface area (Å²) in [4.78, 5) is 23.2. The molecule has 6 heteroatoms. The predicted octanol–water partition coefficient (Wildman–Crippen LogP) is 2.27. The molecule has 1 aromatic heterocycles. The van der Waals surface area contributed by atoms with Gasteiger partial charge in [-0.2, -0.15) is 0 Å². The molecule has 0 aliphatic heterocycles. The van der Waals surface area contributed by atoms with E-state index in [1.165, 1.54) is 9.13 Å². The average molecular weight is 288 g/mol. The molecule has 0 N–H and O–H groups in total. The lowest BCUT2D eigenvalue weighted by molar-refractivity contribution is -0.108. The molecule has 0 atom stereocenters. The summed E-state index contributed by atoms with van der Waals surface area (Å²) in [5.41, 5.74) is 0.570. The molecule has 106 valence electrons. The van der Waals surface area contributed by atoms with Crippen LogP contribution >= 0.6 is 0 Å². The zero-order valence-corrected chi connectivity index (χ0v) is 10.8. The molecule has 0 saturated heterocycles. The van der Waals surface area contributed by atoms with Crippen molar-refractivity contribution >= 4 is 17.3 Å². The number of para-hydroxylation sites is 2. The minimum Gasteiger partial charge on any atom is -0.301 e. The molecule has 0 unspecified atom stereocenters. The van der Waals surface area contributed by atoms with Crippen LogP contribution in [0.5, 0.6) is 0 Å². The fourth-order valence-corrected chi connectivity index (χ4v) is 2.38. The second-order valence-corrected chi connectivity index (χ2v) is 4.51. The van der Waals surface area contributed by atoms with Crippen LogP contribution < -0.4 is 5.69 Å². The molecule has 0 saturated carbocycles. The van der Waals surface area contributed by atoms with E-state index in [1.807, 2.05) is 0 Å². The van der Waals surface area contributed by atoms with Crippen LogP contribution in [0.2, 0.25) is 0 Å². The van der Waals surface area contributed by atoms with Gasteiger partial charge in [0.2, 0.25) is 0 Å². The summed E-state index contributed by atoms with van der Waals surface area (Å²) in [6.45, 7) is -0.121. The Morgan fingerprint density at radius 3 is 2.24 bits per heavy atom. The Hall–Kier alpha value is -2.76. The molecule has 0 bridgehead atoms. The first kappa shape index (κ1) is 13.2. The fraction of sp³-hybridized carbons (Fsp3) is 0.0667. The standard InChI is InChI=1S/C15H10F2N2O2/c16-10-7-11(17)9-12(8-10)19-14-4-2-1-3-13(14)18(5-6-20)15(19)21/h1-4,6-9H,5H2. The summed E-state index contributed by atoms with van der Waals surface area (Å²) in [5.74, 6) is -1.55. The summed E-state index contributed by atoms with van der Waals surface area (Å²) in [5, 5.41) is 0. The van der Waals surface area contributed by atoms with Gasteiger partial charge in [-0.1, -0.05) is 12.1 Å². The molecule has 0 fully saturated rings. The Labute approximate surface area is 117 Å². The van der Waals surface area contributed by atoms with E-state index in [9.17, 15) is 18.4 Å². The molecule has 0 amide bonds. The number of carbonyl (C=O) groups excluding carboxylic acids is 1. The van der Waals surface area contributed by atoms with Crippen molar-refractivity contribution in [1.29, 1.82) is 0 Å². The van der Waals surface area contributed by atoms with Crippen LogP contribution in [0.15, 0.2) is 47.3 Å². The first-order chi connectivity index (χ1) is 10.1. The van der Waals surface area contributed by atoms with Crippen molar-refractivity contribution in [3.05, 3.63) is 64.6 Å². The monoisotopic (exact) mass is 288 g/mol. The summed E-state index contributed by atoms with van der Waals surface area (Å²) in [6.07, 6.45) is 0.602. The third kappa shape index (κ3) is 2.14. The highest BCUT2D eigenvalue weighted by molar-refractivity contribution is 5.78. The number of benzene rings is 2. The Morgan fingerprint density at radius 1 is 1.00 bits per heavy atom. The maximum Gasteiger partial charge on any atom is 0.334 e. The number of nitrogens with zero attached hydrogens (tertiary/aromatic N) is 2. The Balaban J connectivity index is 2.39. The molecule has 21 heavy (non-hydrogen) atoms. The number of carbonyl (C=O) groups is 1. The highest BCUT2D eigenvalue weighted by Crippen LogP contribution is 2.19. The summed E-state index contributed by atoms with van der Waals surface area (Å²) >= 11 is 0. The van der Waals surface area contributed by atoms with Crippen LogP contribution in [0.1, 0.15) is 0 Å². The number of aldehydes is 1. The van der Waals surface area contributed by atoms with Gasteiger partial charge in [-0.05, 0) is 24.3 Å². The Kier molecular flexibility index (Phi) is 3.13. The number of imidazole rings is 1. The number of hydrogen-bond acceptors (Lipinski definition) is 2. The lowest BCUT2D eigenvalue weighted by atomic mass is 10.2. The van der Waals surface area contributed by atoms with E-state index in [4.69, 9.17) is 0 Å². The van der Waals surface area contributed by atoms with Gasteiger partial charge in [-0.15, -0.1) is 0 Å². The van der Waals surface area contributed by atoms with Crippen molar-refractivity contribution in [3.8, 4) is 5.69 Å². The molecule has 4 nitrogen and oxygen atoms in total.